The summed E-state index contributed by atoms with van der Waals surface area (Å²) in [6, 6.07) is 8.47. The lowest BCUT2D eigenvalue weighted by Gasteiger charge is -2.24. The van der Waals surface area contributed by atoms with Crippen LogP contribution in [0.4, 0.5) is 22.9 Å². The minimum atomic E-state index is -0.417. The maximum absolute atomic E-state index is 11.9. The molecular formula is C19H22ClN5O2. The van der Waals surface area contributed by atoms with Crippen LogP contribution < -0.4 is 10.2 Å². The monoisotopic (exact) mass is 387 g/mol. The predicted molar refractivity (Wildman–Crippen MR) is 108 cm³/mol. The molecule has 0 radical (unpaired) electrons. The number of hydrogen-bond acceptors (Lipinski definition) is 6. The molecule has 142 valence electrons. The van der Waals surface area contributed by atoms with Gasteiger partial charge in [0.15, 0.2) is 0 Å². The molecule has 1 N–H and O–H groups in total. The molecule has 1 heterocycles. The molecule has 0 aliphatic heterocycles. The number of pyridine rings is 1. The molecule has 0 aliphatic carbocycles. The normalized spacial score (nSPS) is 10.3. The van der Waals surface area contributed by atoms with Crippen LogP contribution in [0.3, 0.4) is 0 Å². The lowest BCUT2D eigenvalue weighted by molar-refractivity contribution is -0.383. The topological polar surface area (TPSA) is 95.1 Å². The molecule has 0 amide bonds. The lowest BCUT2D eigenvalue weighted by Crippen LogP contribution is -2.26. The van der Waals surface area contributed by atoms with Crippen molar-refractivity contribution in [3.8, 4) is 6.07 Å². The number of rotatable bonds is 8. The van der Waals surface area contributed by atoms with E-state index >= 15 is 0 Å². The molecule has 1 aromatic heterocycles. The summed E-state index contributed by atoms with van der Waals surface area (Å²) < 4.78 is 0. The second-order valence-corrected chi connectivity index (χ2v) is 6.56. The average Bonchev–Trinajstić information content (AvgIpc) is 2.62. The Hall–Kier alpha value is -2.85. The van der Waals surface area contributed by atoms with Gasteiger partial charge in [-0.15, -0.1) is 0 Å². The smallest absolute Gasteiger partial charge is 0.334 e. The van der Waals surface area contributed by atoms with Gasteiger partial charge in [0.05, 0.1) is 27.3 Å². The van der Waals surface area contributed by atoms with E-state index in [0.717, 1.165) is 25.9 Å². The first kappa shape index (κ1) is 20.5. The highest BCUT2D eigenvalue weighted by atomic mass is 35.5. The van der Waals surface area contributed by atoms with E-state index in [2.05, 4.69) is 10.3 Å². The van der Waals surface area contributed by atoms with Gasteiger partial charge in [-0.1, -0.05) is 25.4 Å². The third-order valence-electron chi connectivity index (χ3n) is 3.96. The second-order valence-electron chi connectivity index (χ2n) is 6.16. The molecule has 0 saturated heterocycles. The number of hydrogen-bond donors (Lipinski definition) is 1. The summed E-state index contributed by atoms with van der Waals surface area (Å²) in [5, 5.41) is 24.1. The Morgan fingerprint density at radius 1 is 1.30 bits per heavy atom. The van der Waals surface area contributed by atoms with E-state index < -0.39 is 4.92 Å². The molecule has 2 rings (SSSR count). The zero-order valence-electron chi connectivity index (χ0n) is 15.6. The zero-order valence-corrected chi connectivity index (χ0v) is 16.4. The molecule has 2 aromatic rings. The third-order valence-corrected chi connectivity index (χ3v) is 4.27. The van der Waals surface area contributed by atoms with Crippen LogP contribution in [-0.4, -0.2) is 23.0 Å². The summed E-state index contributed by atoms with van der Waals surface area (Å²) in [5.41, 5.74) is 2.00. The van der Waals surface area contributed by atoms with Crippen molar-refractivity contribution in [2.75, 3.05) is 23.3 Å². The molecule has 0 spiro atoms. The fourth-order valence-electron chi connectivity index (χ4n) is 2.86. The molecule has 0 fully saturated rings. The summed E-state index contributed by atoms with van der Waals surface area (Å²) in [4.78, 5) is 17.8. The number of nitrogens with zero attached hydrogens (tertiary/aromatic N) is 4. The van der Waals surface area contributed by atoms with Crippen LogP contribution in [0.5, 0.6) is 0 Å². The van der Waals surface area contributed by atoms with Crippen LogP contribution in [0.25, 0.3) is 0 Å². The van der Waals surface area contributed by atoms with Gasteiger partial charge in [-0.2, -0.15) is 5.26 Å². The van der Waals surface area contributed by atoms with Crippen LogP contribution in [0.1, 0.15) is 37.9 Å². The number of benzene rings is 1. The lowest BCUT2D eigenvalue weighted by atomic mass is 10.2. The molecule has 1 aromatic carbocycles. The molecule has 7 nitrogen and oxygen atoms in total. The Bertz CT molecular complexity index is 873. The molecule has 0 aliphatic rings. The third kappa shape index (κ3) is 4.86. The van der Waals surface area contributed by atoms with Crippen LogP contribution in [0.2, 0.25) is 5.02 Å². The predicted octanol–water partition coefficient (Wildman–Crippen LogP) is 5.19. The number of nitro groups is 1. The molecule has 0 bridgehead atoms. The van der Waals surface area contributed by atoms with Crippen molar-refractivity contribution in [1.29, 1.82) is 5.26 Å². The fraction of sp³-hybridized carbons (Fsp3) is 0.368. The first-order valence-electron chi connectivity index (χ1n) is 8.78. The summed E-state index contributed by atoms with van der Waals surface area (Å²) in [7, 11) is 0. The van der Waals surface area contributed by atoms with Gasteiger partial charge < -0.3 is 10.2 Å². The number of anilines is 3. The van der Waals surface area contributed by atoms with Gasteiger partial charge in [-0.3, -0.25) is 10.1 Å². The molecule has 0 atom stereocenters. The van der Waals surface area contributed by atoms with Gasteiger partial charge in [-0.25, -0.2) is 4.98 Å². The van der Waals surface area contributed by atoms with Crippen molar-refractivity contribution < 1.29 is 4.92 Å². The number of aryl methyl sites for hydroxylation is 1. The van der Waals surface area contributed by atoms with Gasteiger partial charge in [0.1, 0.15) is 5.69 Å². The van der Waals surface area contributed by atoms with Crippen LogP contribution in [0, 0.1) is 28.4 Å². The van der Waals surface area contributed by atoms with E-state index in [1.807, 2.05) is 24.8 Å². The SMILES string of the molecule is CCCN(CCC)c1cc(C)nc(Nc2ccc(C#N)cc2Cl)c1[N+](=O)[O-]. The van der Waals surface area contributed by atoms with Crippen molar-refractivity contribution in [1.82, 2.24) is 4.98 Å². The van der Waals surface area contributed by atoms with Crippen LogP contribution in [-0.2, 0) is 0 Å². The standard InChI is InChI=1S/C19H22ClN5O2/c1-4-8-24(9-5-2)17-10-13(3)22-19(18(17)25(26)27)23-16-7-6-14(12-21)11-15(16)20/h6-7,10-11H,4-5,8-9H2,1-3H3,(H,22,23). The van der Waals surface area contributed by atoms with Crippen molar-refractivity contribution >= 4 is 34.5 Å². The van der Waals surface area contributed by atoms with E-state index in [9.17, 15) is 10.1 Å². The maximum atomic E-state index is 11.9. The highest BCUT2D eigenvalue weighted by molar-refractivity contribution is 6.33. The summed E-state index contributed by atoms with van der Waals surface area (Å²) in [6.07, 6.45) is 1.76. The number of halogens is 1. The van der Waals surface area contributed by atoms with Gasteiger partial charge in [0.2, 0.25) is 5.82 Å². The highest BCUT2D eigenvalue weighted by Crippen LogP contribution is 2.38. The summed E-state index contributed by atoms with van der Waals surface area (Å²) in [5.74, 6) is 0.138. The Balaban J connectivity index is 2.56. The number of nitriles is 1. The van der Waals surface area contributed by atoms with Gasteiger partial charge in [0.25, 0.3) is 0 Å². The molecular weight excluding hydrogens is 366 g/mol. The van der Waals surface area contributed by atoms with E-state index in [1.54, 1.807) is 25.1 Å². The average molecular weight is 388 g/mol. The van der Waals surface area contributed by atoms with Crippen molar-refractivity contribution in [2.45, 2.75) is 33.6 Å². The zero-order chi connectivity index (χ0) is 20.0. The molecule has 0 unspecified atom stereocenters. The summed E-state index contributed by atoms with van der Waals surface area (Å²) in [6.45, 7) is 7.32. The maximum Gasteiger partial charge on any atom is 0.334 e. The first-order valence-corrected chi connectivity index (χ1v) is 9.16. The Labute approximate surface area is 163 Å². The molecule has 8 heteroatoms. The Kier molecular flexibility index (Phi) is 6.97. The van der Waals surface area contributed by atoms with Gasteiger partial charge >= 0.3 is 5.69 Å². The highest BCUT2D eigenvalue weighted by Gasteiger charge is 2.26. The van der Waals surface area contributed by atoms with E-state index in [-0.39, 0.29) is 11.5 Å². The van der Waals surface area contributed by atoms with Crippen LogP contribution >= 0.6 is 11.6 Å². The van der Waals surface area contributed by atoms with Crippen molar-refractivity contribution in [3.63, 3.8) is 0 Å². The van der Waals surface area contributed by atoms with E-state index in [1.165, 1.54) is 6.07 Å². The Morgan fingerprint density at radius 3 is 2.48 bits per heavy atom. The summed E-state index contributed by atoms with van der Waals surface area (Å²) >= 11 is 6.21. The van der Waals surface area contributed by atoms with E-state index in [4.69, 9.17) is 16.9 Å². The molecule has 0 saturated carbocycles. The quantitative estimate of drug-likeness (QED) is 0.494. The fourth-order valence-corrected chi connectivity index (χ4v) is 3.09. The first-order chi connectivity index (χ1) is 12.9. The second kappa shape index (κ2) is 9.19. The number of aromatic nitrogens is 1. The van der Waals surface area contributed by atoms with Crippen molar-refractivity contribution in [2.24, 2.45) is 0 Å². The molecule has 27 heavy (non-hydrogen) atoms. The minimum absolute atomic E-state index is 0.0806. The van der Waals surface area contributed by atoms with Crippen molar-refractivity contribution in [3.05, 3.63) is 50.7 Å². The largest absolute Gasteiger partial charge is 0.366 e. The van der Waals surface area contributed by atoms with Gasteiger partial charge in [-0.05, 0) is 44.0 Å². The van der Waals surface area contributed by atoms with Gasteiger partial charge in [0, 0.05) is 18.8 Å². The van der Waals surface area contributed by atoms with Crippen LogP contribution in [0.15, 0.2) is 24.3 Å². The minimum Gasteiger partial charge on any atom is -0.366 e. The Morgan fingerprint density at radius 2 is 1.96 bits per heavy atom. The van der Waals surface area contributed by atoms with E-state index in [0.29, 0.717) is 27.7 Å². The number of nitrogens with one attached hydrogen (secondary N) is 1.